The summed E-state index contributed by atoms with van der Waals surface area (Å²) < 4.78 is 6.12. The van der Waals surface area contributed by atoms with Gasteiger partial charge < -0.3 is 14.4 Å². The van der Waals surface area contributed by atoms with Gasteiger partial charge in [0.05, 0.1) is 13.7 Å². The van der Waals surface area contributed by atoms with Crippen molar-refractivity contribution in [2.24, 2.45) is 0 Å². The molecule has 8 rings (SSSR count). The molecule has 3 heterocycles. The van der Waals surface area contributed by atoms with Gasteiger partial charge in [-0.2, -0.15) is 0 Å². The maximum Gasteiger partial charge on any atom is 0.120 e. The van der Waals surface area contributed by atoms with Gasteiger partial charge >= 0.3 is 0 Å². The monoisotopic (exact) mass is 843 g/mol. The predicted octanol–water partition coefficient (Wildman–Crippen LogP) is 10.7. The molecule has 8 aromatic rings. The van der Waals surface area contributed by atoms with E-state index in [1.165, 1.54) is 27.4 Å². The number of para-hydroxylation sites is 1. The van der Waals surface area contributed by atoms with E-state index in [2.05, 4.69) is 134 Å². The number of hydrogen-bond donors (Lipinski definition) is 0. The Hall–Kier alpha value is -4.93. The van der Waals surface area contributed by atoms with Crippen molar-refractivity contribution in [2.75, 3.05) is 0 Å². The van der Waals surface area contributed by atoms with Gasteiger partial charge in [-0.1, -0.05) is 127 Å². The summed E-state index contributed by atoms with van der Waals surface area (Å²) in [6.45, 7) is 7.15. The fraction of sp³-hybridized carbons (Fsp3) is 0.111. The Kier molecular flexibility index (Phi) is 11.0. The molecule has 3 aromatic heterocycles. The summed E-state index contributed by atoms with van der Waals surface area (Å²) in [6, 6.07) is 54.4. The molecule has 0 saturated carbocycles. The Morgan fingerprint density at radius 1 is 0.600 bits per heavy atom. The Morgan fingerprint density at radius 3 is 2.02 bits per heavy atom. The zero-order valence-corrected chi connectivity index (χ0v) is 31.9. The molecule has 0 atom stereocenters. The summed E-state index contributed by atoms with van der Waals surface area (Å²) in [5, 5.41) is 3.67. The molecule has 0 aliphatic carbocycles. The number of benzene rings is 5. The van der Waals surface area contributed by atoms with Crippen molar-refractivity contribution < 1.29 is 24.5 Å². The van der Waals surface area contributed by atoms with Gasteiger partial charge in [0.1, 0.15) is 5.58 Å². The third kappa shape index (κ3) is 8.09. The molecule has 0 unspecified atom stereocenters. The van der Waals surface area contributed by atoms with Crippen LogP contribution >= 0.6 is 0 Å². The zero-order chi connectivity index (χ0) is 33.6. The quantitative estimate of drug-likeness (QED) is 0.119. The van der Waals surface area contributed by atoms with Crippen LogP contribution in [-0.4, -0.2) is 18.0 Å². The molecule has 50 heavy (non-hydrogen) atoms. The Balaban J connectivity index is 0.000000171. The van der Waals surface area contributed by atoms with Crippen molar-refractivity contribution >= 4 is 35.2 Å². The fourth-order valence-electron chi connectivity index (χ4n) is 6.27. The number of furan rings is 1. The number of nitrogens with zero attached hydrogens (tertiary/aromatic N) is 2. The average molecular weight is 843 g/mol. The molecule has 0 aliphatic heterocycles. The largest absolute Gasteiger partial charge is 0.501 e. The van der Waals surface area contributed by atoms with Crippen molar-refractivity contribution in [3.05, 3.63) is 186 Å². The van der Waals surface area contributed by atoms with Crippen molar-refractivity contribution in [3.63, 3.8) is 0 Å². The molecule has 249 valence electrons. The Labute approximate surface area is 309 Å². The molecular formula is C45H38IrN2OSi-2. The summed E-state index contributed by atoms with van der Waals surface area (Å²) in [5.74, 6) is 0. The molecule has 5 aromatic carbocycles. The van der Waals surface area contributed by atoms with E-state index < -0.39 is 8.07 Å². The number of hydrogen-bond acceptors (Lipinski definition) is 3. The van der Waals surface area contributed by atoms with Gasteiger partial charge in [-0.3, -0.25) is 0 Å². The van der Waals surface area contributed by atoms with Crippen molar-refractivity contribution in [3.8, 4) is 22.5 Å². The summed E-state index contributed by atoms with van der Waals surface area (Å²) in [4.78, 5) is 9.30. The van der Waals surface area contributed by atoms with Crippen LogP contribution in [0.15, 0.2) is 156 Å². The molecule has 0 aliphatic rings. The SMILES string of the molecule is C[Si](C)(C)c1cnc(-c2[c-]cccc2)cc1Cc1ccccc1.[Ir].[c-]1ccc2c(oc3ccccc32)c1-c1cc(Cc2ccccc2)ccn1. The zero-order valence-electron chi connectivity index (χ0n) is 28.5. The maximum absolute atomic E-state index is 6.12. The second kappa shape index (κ2) is 15.7. The van der Waals surface area contributed by atoms with Crippen molar-refractivity contribution in [1.29, 1.82) is 0 Å². The predicted molar refractivity (Wildman–Crippen MR) is 206 cm³/mol. The number of aromatic nitrogens is 2. The Morgan fingerprint density at radius 2 is 1.30 bits per heavy atom. The first-order chi connectivity index (χ1) is 23.9. The molecule has 3 nitrogen and oxygen atoms in total. The molecule has 0 fully saturated rings. The van der Waals surface area contributed by atoms with Crippen LogP contribution in [0, 0.1) is 12.1 Å². The summed E-state index contributed by atoms with van der Waals surface area (Å²) in [5.41, 5.74) is 10.9. The molecule has 0 N–H and O–H groups in total. The molecule has 0 spiro atoms. The summed E-state index contributed by atoms with van der Waals surface area (Å²) >= 11 is 0. The van der Waals surface area contributed by atoms with Gasteiger partial charge in [-0.15, -0.1) is 54.1 Å². The minimum atomic E-state index is -1.43. The van der Waals surface area contributed by atoms with Crippen molar-refractivity contribution in [2.45, 2.75) is 32.5 Å². The van der Waals surface area contributed by atoms with E-state index in [1.807, 2.05) is 54.7 Å². The third-order valence-electron chi connectivity index (χ3n) is 8.69. The van der Waals surface area contributed by atoms with E-state index in [0.29, 0.717) is 0 Å². The second-order valence-corrected chi connectivity index (χ2v) is 18.4. The number of rotatable bonds is 7. The van der Waals surface area contributed by atoms with Gasteiger partial charge in [-0.05, 0) is 58.2 Å². The van der Waals surface area contributed by atoms with Gasteiger partial charge in [0, 0.05) is 37.9 Å². The van der Waals surface area contributed by atoms with Crippen LogP contribution in [0.4, 0.5) is 0 Å². The van der Waals surface area contributed by atoms with E-state index >= 15 is 0 Å². The van der Waals surface area contributed by atoms with Gasteiger partial charge in [0.2, 0.25) is 0 Å². The van der Waals surface area contributed by atoms with Crippen LogP contribution in [0.25, 0.3) is 44.5 Å². The van der Waals surface area contributed by atoms with Crippen LogP contribution in [0.2, 0.25) is 19.6 Å². The van der Waals surface area contributed by atoms with Crippen LogP contribution in [0.1, 0.15) is 22.3 Å². The second-order valence-electron chi connectivity index (χ2n) is 13.3. The number of pyridine rings is 2. The van der Waals surface area contributed by atoms with Crippen LogP contribution < -0.4 is 5.19 Å². The normalized spacial score (nSPS) is 11.1. The molecular weight excluding hydrogens is 805 g/mol. The van der Waals surface area contributed by atoms with Gasteiger partial charge in [0.25, 0.3) is 0 Å². The standard InChI is InChI=1S/C24H16NO.C21H22NSi.Ir/c1-2-7-17(8-3-1)15-18-13-14-25-22(16-18)21-11-6-10-20-19-9-4-5-12-23(19)26-24(20)21;1-23(2,3)21-16-22-20(18-12-8-5-9-13-18)15-19(21)14-17-10-6-4-7-11-17;/h1-10,12-14,16H,15H2;4-12,15-16H,14H2,1-3H3;/q2*-1;. The molecule has 0 bridgehead atoms. The van der Waals surface area contributed by atoms with Crippen LogP contribution in [0.5, 0.6) is 0 Å². The maximum atomic E-state index is 6.12. The molecule has 0 amide bonds. The number of fused-ring (bicyclic) bond motifs is 3. The first-order valence-corrected chi connectivity index (χ1v) is 20.2. The van der Waals surface area contributed by atoms with Gasteiger partial charge in [-0.25, -0.2) is 0 Å². The fourth-order valence-corrected chi connectivity index (χ4v) is 7.84. The minimum absolute atomic E-state index is 0. The van der Waals surface area contributed by atoms with E-state index in [9.17, 15) is 0 Å². The Bertz CT molecular complexity index is 2310. The van der Waals surface area contributed by atoms with E-state index in [-0.39, 0.29) is 20.1 Å². The molecule has 5 heteroatoms. The molecule has 0 saturated heterocycles. The van der Waals surface area contributed by atoms with Crippen LogP contribution in [-0.2, 0) is 32.9 Å². The third-order valence-corrected chi connectivity index (χ3v) is 10.8. The summed E-state index contributed by atoms with van der Waals surface area (Å²) in [7, 11) is -1.43. The average Bonchev–Trinajstić information content (AvgIpc) is 3.52. The van der Waals surface area contributed by atoms with E-state index in [0.717, 1.165) is 57.3 Å². The van der Waals surface area contributed by atoms with E-state index in [1.54, 1.807) is 0 Å². The van der Waals surface area contributed by atoms with Crippen molar-refractivity contribution in [1.82, 2.24) is 9.97 Å². The topological polar surface area (TPSA) is 38.9 Å². The van der Waals surface area contributed by atoms with E-state index in [4.69, 9.17) is 9.40 Å². The molecule has 1 radical (unpaired) electrons. The van der Waals surface area contributed by atoms with Crippen LogP contribution in [0.3, 0.4) is 0 Å². The smallest absolute Gasteiger partial charge is 0.120 e. The van der Waals surface area contributed by atoms with Gasteiger partial charge in [0.15, 0.2) is 0 Å². The minimum Gasteiger partial charge on any atom is -0.501 e. The summed E-state index contributed by atoms with van der Waals surface area (Å²) in [6.07, 6.45) is 5.80. The first-order valence-electron chi connectivity index (χ1n) is 16.7. The first kappa shape index (κ1) is 34.9.